The van der Waals surface area contributed by atoms with Crippen molar-refractivity contribution in [1.29, 1.82) is 0 Å². The highest BCUT2D eigenvalue weighted by Gasteiger charge is 2.34. The molecule has 1 fully saturated rings. The van der Waals surface area contributed by atoms with Gasteiger partial charge in [0.15, 0.2) is 20.8 Å². The number of aromatic nitrogens is 3. The van der Waals surface area contributed by atoms with Gasteiger partial charge in [0.25, 0.3) is 0 Å². The number of thioether (sulfide) groups is 1. The maximum absolute atomic E-state index is 12.9. The summed E-state index contributed by atoms with van der Waals surface area (Å²) in [6.07, 6.45) is 0.509. The van der Waals surface area contributed by atoms with E-state index in [1.54, 1.807) is 16.2 Å². The molecule has 1 saturated heterocycles. The molecule has 1 aromatic carbocycles. The molecule has 0 N–H and O–H groups in total. The lowest BCUT2D eigenvalue weighted by molar-refractivity contribution is -0.129. The quantitative estimate of drug-likeness (QED) is 0.502. The minimum Gasteiger partial charge on any atom is -0.338 e. The number of thiophene rings is 1. The van der Waals surface area contributed by atoms with E-state index >= 15 is 0 Å². The normalized spacial score (nSPS) is 17.8. The zero-order valence-corrected chi connectivity index (χ0v) is 18.9. The fourth-order valence-corrected chi connectivity index (χ4v) is 6.87. The zero-order valence-electron chi connectivity index (χ0n) is 16.5. The number of hydrogen-bond acceptors (Lipinski definition) is 7. The summed E-state index contributed by atoms with van der Waals surface area (Å²) in [5.41, 5.74) is 0.926. The predicted molar refractivity (Wildman–Crippen MR) is 120 cm³/mol. The average molecular weight is 463 g/mol. The van der Waals surface area contributed by atoms with Crippen molar-refractivity contribution >= 4 is 38.8 Å². The summed E-state index contributed by atoms with van der Waals surface area (Å²) < 4.78 is 25.6. The number of para-hydroxylation sites is 1. The number of nitrogens with zero attached hydrogens (tertiary/aromatic N) is 4. The number of carbonyl (C=O) groups excluding carboxylic acids is 1. The van der Waals surface area contributed by atoms with E-state index < -0.39 is 9.84 Å². The number of benzene rings is 1. The molecule has 0 radical (unpaired) electrons. The first-order chi connectivity index (χ1) is 14.5. The van der Waals surface area contributed by atoms with Gasteiger partial charge in [-0.2, -0.15) is 0 Å². The highest BCUT2D eigenvalue weighted by Crippen LogP contribution is 2.30. The van der Waals surface area contributed by atoms with Crippen molar-refractivity contribution in [1.82, 2.24) is 19.7 Å². The minimum atomic E-state index is -3.04. The first-order valence-corrected chi connectivity index (χ1v) is 13.3. The van der Waals surface area contributed by atoms with Gasteiger partial charge < -0.3 is 4.90 Å². The number of amides is 1. The third-order valence-corrected chi connectivity index (χ3v) is 8.55. The molecule has 0 spiro atoms. The summed E-state index contributed by atoms with van der Waals surface area (Å²) >= 11 is 2.91. The van der Waals surface area contributed by atoms with Crippen molar-refractivity contribution in [2.75, 3.05) is 23.8 Å². The van der Waals surface area contributed by atoms with Crippen LogP contribution in [0.15, 0.2) is 53.0 Å². The molecule has 3 aromatic rings. The molecule has 4 rings (SSSR count). The van der Waals surface area contributed by atoms with Gasteiger partial charge in [0.05, 0.1) is 22.1 Å². The van der Waals surface area contributed by atoms with Gasteiger partial charge in [0, 0.05) is 18.3 Å². The van der Waals surface area contributed by atoms with E-state index in [1.807, 2.05) is 59.3 Å². The van der Waals surface area contributed by atoms with E-state index in [2.05, 4.69) is 10.2 Å². The molecule has 1 unspecified atom stereocenters. The van der Waals surface area contributed by atoms with E-state index in [9.17, 15) is 13.2 Å². The fraction of sp³-hybridized carbons (Fsp3) is 0.350. The maximum atomic E-state index is 12.9. The second kappa shape index (κ2) is 8.91. The largest absolute Gasteiger partial charge is 0.338 e. The van der Waals surface area contributed by atoms with Crippen LogP contribution >= 0.6 is 23.1 Å². The van der Waals surface area contributed by atoms with Crippen LogP contribution in [0.4, 0.5) is 0 Å². The Morgan fingerprint density at radius 1 is 1.23 bits per heavy atom. The van der Waals surface area contributed by atoms with E-state index in [-0.39, 0.29) is 29.2 Å². The van der Waals surface area contributed by atoms with Gasteiger partial charge in [-0.15, -0.1) is 21.5 Å². The second-order valence-corrected chi connectivity index (χ2v) is 11.1. The summed E-state index contributed by atoms with van der Waals surface area (Å²) in [6, 6.07) is 13.5. The number of carbonyl (C=O) groups is 1. The lowest BCUT2D eigenvalue weighted by Gasteiger charge is -2.26. The van der Waals surface area contributed by atoms with Crippen LogP contribution in [0.25, 0.3) is 16.4 Å². The molecule has 2 aromatic heterocycles. The molecule has 1 atom stereocenters. The third-order valence-electron chi connectivity index (χ3n) is 5.02. The van der Waals surface area contributed by atoms with Crippen molar-refractivity contribution in [3.63, 3.8) is 0 Å². The van der Waals surface area contributed by atoms with Gasteiger partial charge in [-0.3, -0.25) is 9.36 Å². The number of rotatable bonds is 7. The molecular weight excluding hydrogens is 440 g/mol. The molecule has 0 bridgehead atoms. The average Bonchev–Trinajstić information content (AvgIpc) is 3.47. The first kappa shape index (κ1) is 21.1. The first-order valence-electron chi connectivity index (χ1n) is 9.66. The Hall–Kier alpha value is -2.17. The van der Waals surface area contributed by atoms with E-state index in [0.717, 1.165) is 16.4 Å². The zero-order chi connectivity index (χ0) is 21.1. The second-order valence-electron chi connectivity index (χ2n) is 6.98. The molecule has 3 heterocycles. The summed E-state index contributed by atoms with van der Waals surface area (Å²) in [7, 11) is -3.04. The van der Waals surface area contributed by atoms with E-state index in [4.69, 9.17) is 0 Å². The topological polar surface area (TPSA) is 85.2 Å². The van der Waals surface area contributed by atoms with Crippen LogP contribution in [-0.2, 0) is 14.6 Å². The monoisotopic (exact) mass is 462 g/mol. The molecule has 0 aliphatic carbocycles. The highest BCUT2D eigenvalue weighted by molar-refractivity contribution is 7.99. The van der Waals surface area contributed by atoms with Crippen molar-refractivity contribution in [3.8, 4) is 16.4 Å². The van der Waals surface area contributed by atoms with Gasteiger partial charge >= 0.3 is 0 Å². The summed E-state index contributed by atoms with van der Waals surface area (Å²) in [5, 5.41) is 11.3. The Bertz CT molecular complexity index is 1110. The fourth-order valence-electron chi connectivity index (χ4n) is 3.61. The highest BCUT2D eigenvalue weighted by atomic mass is 32.2. The SMILES string of the molecule is CCN(C(=O)CSc1nnc(-c2cccs2)n1-c1ccccc1)C1CCS(=O)(=O)C1. The maximum Gasteiger partial charge on any atom is 0.233 e. The van der Waals surface area contributed by atoms with Gasteiger partial charge in [0.2, 0.25) is 5.91 Å². The van der Waals surface area contributed by atoms with Crippen LogP contribution in [0.5, 0.6) is 0 Å². The Morgan fingerprint density at radius 2 is 2.03 bits per heavy atom. The third kappa shape index (κ3) is 4.45. The summed E-state index contributed by atoms with van der Waals surface area (Å²) in [4.78, 5) is 15.6. The lowest BCUT2D eigenvalue weighted by Crippen LogP contribution is -2.42. The number of sulfone groups is 1. The number of hydrogen-bond donors (Lipinski definition) is 0. The molecule has 1 aliphatic rings. The standard InChI is InChI=1S/C20H22N4O3S3/c1-2-23(16-10-12-30(26,27)14-16)18(25)13-29-20-22-21-19(17-9-6-11-28-17)24(20)15-7-4-3-5-8-15/h3-9,11,16H,2,10,12-14H2,1H3. The van der Waals surface area contributed by atoms with Gasteiger partial charge in [0.1, 0.15) is 0 Å². The summed E-state index contributed by atoms with van der Waals surface area (Å²) in [6.45, 7) is 2.38. The molecule has 158 valence electrons. The van der Waals surface area contributed by atoms with E-state index in [1.165, 1.54) is 11.8 Å². The van der Waals surface area contributed by atoms with Crippen LogP contribution in [0, 0.1) is 0 Å². The Balaban J connectivity index is 1.55. The Morgan fingerprint density at radius 3 is 2.67 bits per heavy atom. The Labute approximate surface area is 184 Å². The van der Waals surface area contributed by atoms with Crippen molar-refractivity contribution in [2.45, 2.75) is 24.5 Å². The van der Waals surface area contributed by atoms with Gasteiger partial charge in [-0.05, 0) is 36.9 Å². The van der Waals surface area contributed by atoms with Gasteiger partial charge in [-0.25, -0.2) is 8.42 Å². The Kier molecular flexibility index (Phi) is 6.26. The van der Waals surface area contributed by atoms with Crippen molar-refractivity contribution < 1.29 is 13.2 Å². The van der Waals surface area contributed by atoms with Crippen LogP contribution in [-0.4, -0.2) is 63.8 Å². The molecule has 30 heavy (non-hydrogen) atoms. The van der Waals surface area contributed by atoms with E-state index in [0.29, 0.717) is 18.1 Å². The van der Waals surface area contributed by atoms with Crippen molar-refractivity contribution in [2.24, 2.45) is 0 Å². The summed E-state index contributed by atoms with van der Waals surface area (Å²) in [5.74, 6) is 1.05. The van der Waals surface area contributed by atoms with Gasteiger partial charge in [-0.1, -0.05) is 36.0 Å². The molecule has 0 saturated carbocycles. The minimum absolute atomic E-state index is 0.0555. The molecular formula is C20H22N4O3S3. The predicted octanol–water partition coefficient (Wildman–Crippen LogP) is 3.12. The van der Waals surface area contributed by atoms with Crippen LogP contribution in [0.2, 0.25) is 0 Å². The molecule has 7 nitrogen and oxygen atoms in total. The molecule has 1 amide bonds. The smallest absolute Gasteiger partial charge is 0.233 e. The molecule has 1 aliphatic heterocycles. The van der Waals surface area contributed by atoms with Crippen LogP contribution in [0.3, 0.4) is 0 Å². The lowest BCUT2D eigenvalue weighted by atomic mass is 10.2. The van der Waals surface area contributed by atoms with Crippen LogP contribution < -0.4 is 0 Å². The van der Waals surface area contributed by atoms with Crippen molar-refractivity contribution in [3.05, 3.63) is 47.8 Å². The molecule has 10 heteroatoms. The van der Waals surface area contributed by atoms with Crippen LogP contribution in [0.1, 0.15) is 13.3 Å².